The molecule has 0 radical (unpaired) electrons. The number of nitrogens with zero attached hydrogens (tertiary/aromatic N) is 1. The Morgan fingerprint density at radius 3 is 2.53 bits per heavy atom. The van der Waals surface area contributed by atoms with Gasteiger partial charge >= 0.3 is 0 Å². The second kappa shape index (κ2) is 9.37. The van der Waals surface area contributed by atoms with E-state index in [-0.39, 0.29) is 30.9 Å². The van der Waals surface area contributed by atoms with Crippen LogP contribution in [0.4, 0.5) is 0 Å². The average molecular weight is 419 g/mol. The van der Waals surface area contributed by atoms with E-state index in [0.717, 1.165) is 19.7 Å². The van der Waals surface area contributed by atoms with Crippen molar-refractivity contribution < 1.29 is 4.74 Å². The molecule has 1 aromatic carbocycles. The summed E-state index contributed by atoms with van der Waals surface area (Å²) in [6, 6.07) is 10.8. The van der Waals surface area contributed by atoms with Crippen LogP contribution in [0.25, 0.3) is 0 Å². The highest BCUT2D eigenvalue weighted by molar-refractivity contribution is 14.1. The van der Waals surface area contributed by atoms with Gasteiger partial charge in [0.05, 0.1) is 10.7 Å². The molecule has 1 heterocycles. The molecule has 19 heavy (non-hydrogen) atoms. The molecule has 1 saturated heterocycles. The molecule has 1 fully saturated rings. The van der Waals surface area contributed by atoms with Crippen LogP contribution in [-0.4, -0.2) is 41.8 Å². The van der Waals surface area contributed by atoms with Crippen LogP contribution in [0.15, 0.2) is 30.3 Å². The van der Waals surface area contributed by atoms with Crippen LogP contribution in [0, 0.1) is 0 Å². The number of nitrogens with two attached hydrogens (primary N) is 1. The molecule has 3 atom stereocenters. The molecule has 0 saturated carbocycles. The van der Waals surface area contributed by atoms with Crippen LogP contribution in [0.5, 0.6) is 0 Å². The van der Waals surface area contributed by atoms with Crippen LogP contribution in [0.3, 0.4) is 0 Å². The van der Waals surface area contributed by atoms with Crippen molar-refractivity contribution in [2.45, 2.75) is 16.0 Å². The third-order valence-electron chi connectivity index (χ3n) is 3.37. The monoisotopic (exact) mass is 418 g/mol. The predicted octanol–water partition coefficient (Wildman–Crippen LogP) is 2.66. The Bertz CT molecular complexity index is 356. The lowest BCUT2D eigenvalue weighted by Crippen LogP contribution is -2.36. The molecule has 0 bridgehead atoms. The first-order chi connectivity index (χ1) is 8.24. The molecule has 2 N–H and O–H groups in total. The average Bonchev–Trinajstić information content (AvgIpc) is 2.65. The van der Waals surface area contributed by atoms with Gasteiger partial charge in [0.25, 0.3) is 0 Å². The fourth-order valence-corrected chi connectivity index (χ4v) is 3.37. The maximum atomic E-state index is 6.33. The lowest BCUT2D eigenvalue weighted by atomic mass is 9.95. The van der Waals surface area contributed by atoms with E-state index in [1.165, 1.54) is 5.56 Å². The maximum Gasteiger partial charge on any atom is 0.0779 e. The van der Waals surface area contributed by atoms with E-state index in [2.05, 4.69) is 51.8 Å². The Labute approximate surface area is 141 Å². The van der Waals surface area contributed by atoms with Crippen LogP contribution in [0.1, 0.15) is 11.5 Å². The van der Waals surface area contributed by atoms with E-state index in [0.29, 0.717) is 9.97 Å². The van der Waals surface area contributed by atoms with Gasteiger partial charge in [0.2, 0.25) is 0 Å². The summed E-state index contributed by atoms with van der Waals surface area (Å²) in [5.41, 5.74) is 7.68. The minimum atomic E-state index is 0. The zero-order valence-electron chi connectivity index (χ0n) is 10.9. The number of hydrogen-bond donors (Lipinski definition) is 1. The molecule has 6 heteroatoms. The predicted molar refractivity (Wildman–Crippen MR) is 92.9 cm³/mol. The van der Waals surface area contributed by atoms with Crippen molar-refractivity contribution in [2.24, 2.45) is 5.73 Å². The van der Waals surface area contributed by atoms with E-state index in [1.807, 2.05) is 6.07 Å². The molecule has 3 nitrogen and oxygen atoms in total. The Morgan fingerprint density at radius 1 is 1.32 bits per heavy atom. The van der Waals surface area contributed by atoms with Gasteiger partial charge in [0.15, 0.2) is 0 Å². The zero-order valence-corrected chi connectivity index (χ0v) is 14.7. The van der Waals surface area contributed by atoms with Gasteiger partial charge < -0.3 is 10.5 Å². The first kappa shape index (κ1) is 19.4. The molecule has 0 spiro atoms. The molecular formula is C13H21Cl2IN2O. The Morgan fingerprint density at radius 2 is 1.95 bits per heavy atom. The van der Waals surface area contributed by atoms with Gasteiger partial charge in [-0.2, -0.15) is 0 Å². The molecule has 1 aromatic rings. The van der Waals surface area contributed by atoms with Crippen LogP contribution >= 0.6 is 47.4 Å². The number of likely N-dealkylation sites (tertiary alicyclic amines) is 1. The SMILES string of the molecule is COCCN1CC(c2ccccc2)C(N)C1I.Cl.Cl. The summed E-state index contributed by atoms with van der Waals surface area (Å²) in [5.74, 6) is 0.440. The summed E-state index contributed by atoms with van der Waals surface area (Å²) in [4.78, 5) is 2.41. The quantitative estimate of drug-likeness (QED) is 0.464. The smallest absolute Gasteiger partial charge is 0.0779 e. The van der Waals surface area contributed by atoms with E-state index in [4.69, 9.17) is 10.5 Å². The topological polar surface area (TPSA) is 38.5 Å². The van der Waals surface area contributed by atoms with E-state index >= 15 is 0 Å². The number of rotatable bonds is 4. The van der Waals surface area contributed by atoms with Crippen molar-refractivity contribution in [2.75, 3.05) is 26.8 Å². The summed E-state index contributed by atoms with van der Waals surface area (Å²) in [6.45, 7) is 2.76. The van der Waals surface area contributed by atoms with Crippen molar-refractivity contribution >= 4 is 47.4 Å². The van der Waals surface area contributed by atoms with Gasteiger partial charge in [-0.05, 0) is 5.56 Å². The van der Waals surface area contributed by atoms with Crippen molar-refractivity contribution in [3.05, 3.63) is 35.9 Å². The van der Waals surface area contributed by atoms with Gasteiger partial charge in [0, 0.05) is 32.2 Å². The number of alkyl halides is 1. The molecule has 0 aliphatic carbocycles. The summed E-state index contributed by atoms with van der Waals surface area (Å²) in [6.07, 6.45) is 0. The third-order valence-corrected chi connectivity index (χ3v) is 4.99. The number of halogens is 3. The normalized spacial score (nSPS) is 26.6. The van der Waals surface area contributed by atoms with Gasteiger partial charge in [-0.3, -0.25) is 4.90 Å². The molecular weight excluding hydrogens is 398 g/mol. The maximum absolute atomic E-state index is 6.33. The van der Waals surface area contributed by atoms with Crippen LogP contribution in [-0.2, 0) is 4.74 Å². The number of benzene rings is 1. The Kier molecular flexibility index (Phi) is 9.57. The van der Waals surface area contributed by atoms with Crippen molar-refractivity contribution in [1.82, 2.24) is 4.90 Å². The fourth-order valence-electron chi connectivity index (χ4n) is 2.36. The largest absolute Gasteiger partial charge is 0.383 e. The van der Waals surface area contributed by atoms with E-state index in [1.54, 1.807) is 7.11 Å². The van der Waals surface area contributed by atoms with Gasteiger partial charge in [-0.25, -0.2) is 0 Å². The Balaban J connectivity index is 0.00000162. The number of hydrogen-bond acceptors (Lipinski definition) is 3. The number of ether oxygens (including phenoxy) is 1. The van der Waals surface area contributed by atoms with Crippen molar-refractivity contribution in [3.8, 4) is 0 Å². The molecule has 1 aliphatic heterocycles. The van der Waals surface area contributed by atoms with Gasteiger partial charge in [-0.1, -0.05) is 52.9 Å². The lowest BCUT2D eigenvalue weighted by molar-refractivity contribution is 0.157. The minimum Gasteiger partial charge on any atom is -0.383 e. The highest BCUT2D eigenvalue weighted by Gasteiger charge is 2.38. The first-order valence-corrected chi connectivity index (χ1v) is 7.16. The summed E-state index contributed by atoms with van der Waals surface area (Å²) < 4.78 is 5.54. The summed E-state index contributed by atoms with van der Waals surface area (Å²) in [7, 11) is 1.74. The van der Waals surface area contributed by atoms with Gasteiger partial charge in [0.1, 0.15) is 0 Å². The molecule has 0 aromatic heterocycles. The molecule has 3 unspecified atom stereocenters. The van der Waals surface area contributed by atoms with E-state index in [9.17, 15) is 0 Å². The second-order valence-corrected chi connectivity index (χ2v) is 5.73. The zero-order chi connectivity index (χ0) is 12.3. The highest BCUT2D eigenvalue weighted by Crippen LogP contribution is 2.33. The summed E-state index contributed by atoms with van der Waals surface area (Å²) >= 11 is 2.45. The second-order valence-electron chi connectivity index (χ2n) is 4.45. The standard InChI is InChI=1S/C13H19IN2O.2ClH/c1-17-8-7-16-9-11(12(15)13(16)14)10-5-3-2-4-6-10;;/h2-6,11-13H,7-9,15H2,1H3;2*1H. The highest BCUT2D eigenvalue weighted by atomic mass is 127. The minimum absolute atomic E-state index is 0. The number of methoxy groups -OCH3 is 1. The van der Waals surface area contributed by atoms with Gasteiger partial charge in [-0.15, -0.1) is 24.8 Å². The lowest BCUT2D eigenvalue weighted by Gasteiger charge is -2.20. The molecule has 0 amide bonds. The third kappa shape index (κ3) is 4.72. The van der Waals surface area contributed by atoms with Crippen LogP contribution < -0.4 is 5.73 Å². The van der Waals surface area contributed by atoms with Crippen molar-refractivity contribution in [3.63, 3.8) is 0 Å². The van der Waals surface area contributed by atoms with E-state index < -0.39 is 0 Å². The molecule has 2 rings (SSSR count). The molecule has 110 valence electrons. The fraction of sp³-hybridized carbons (Fsp3) is 0.538. The molecule has 1 aliphatic rings. The summed E-state index contributed by atoms with van der Waals surface area (Å²) in [5, 5.41) is 0. The first-order valence-electron chi connectivity index (χ1n) is 5.91. The Hall–Kier alpha value is 0.410. The van der Waals surface area contributed by atoms with Crippen molar-refractivity contribution in [1.29, 1.82) is 0 Å². The van der Waals surface area contributed by atoms with Crippen LogP contribution in [0.2, 0.25) is 0 Å².